The molecule has 0 aliphatic carbocycles. The summed E-state index contributed by atoms with van der Waals surface area (Å²) in [5.41, 5.74) is 12.6. The van der Waals surface area contributed by atoms with Crippen LogP contribution in [0.1, 0.15) is 0 Å². The van der Waals surface area contributed by atoms with Crippen molar-refractivity contribution in [2.45, 2.75) is 0 Å². The fraction of sp³-hybridized carbons (Fsp3) is 0. The topological polar surface area (TPSA) is 11.4 Å². The molecule has 314 valence electrons. The van der Waals surface area contributed by atoms with Crippen LogP contribution in [0.2, 0.25) is 0 Å². The van der Waals surface area contributed by atoms with Crippen LogP contribution in [-0.2, 0) is 0 Å². The lowest BCUT2D eigenvalue weighted by molar-refractivity contribution is 1.18. The van der Waals surface area contributed by atoms with Crippen LogP contribution in [-0.4, -0.2) is 4.57 Å². The Kier molecular flexibility index (Phi) is 9.17. The molecule has 0 atom stereocenters. The second kappa shape index (κ2) is 16.0. The summed E-state index contributed by atoms with van der Waals surface area (Å²) in [4.78, 5) is 4.87. The molecule has 0 aliphatic heterocycles. The van der Waals surface area contributed by atoms with Crippen molar-refractivity contribution >= 4 is 99.0 Å². The Hall–Kier alpha value is -8.92. The summed E-state index contributed by atoms with van der Waals surface area (Å²) in [6.45, 7) is 0. The van der Waals surface area contributed by atoms with Gasteiger partial charge in [-0.15, -0.1) is 0 Å². The van der Waals surface area contributed by atoms with E-state index in [-0.39, 0.29) is 0 Å². The van der Waals surface area contributed by atoms with E-state index in [0.29, 0.717) is 0 Å². The largest absolute Gasteiger partial charge is 0.310 e. The number of fused-ring (bicyclic) bond motifs is 7. The second-order valence-electron chi connectivity index (χ2n) is 17.3. The molecule has 67 heavy (non-hydrogen) atoms. The highest BCUT2D eigenvalue weighted by Gasteiger charge is 2.22. The first kappa shape index (κ1) is 38.5. The number of benzene rings is 12. The summed E-state index contributed by atoms with van der Waals surface area (Å²) in [6.07, 6.45) is 0. The zero-order valence-corrected chi connectivity index (χ0v) is 36.7. The molecule has 0 saturated carbocycles. The third-order valence-corrected chi connectivity index (χ3v) is 13.5. The van der Waals surface area contributed by atoms with Crippen molar-refractivity contribution in [1.82, 2.24) is 4.57 Å². The van der Waals surface area contributed by atoms with Gasteiger partial charge in [0.2, 0.25) is 0 Å². The fourth-order valence-electron chi connectivity index (χ4n) is 10.4. The number of rotatable bonds is 8. The molecule has 0 fully saturated rings. The van der Waals surface area contributed by atoms with Gasteiger partial charge >= 0.3 is 0 Å². The molecule has 1 aromatic heterocycles. The summed E-state index contributed by atoms with van der Waals surface area (Å²) in [7, 11) is 0. The first-order chi connectivity index (χ1) is 33.2. The van der Waals surface area contributed by atoms with Crippen molar-refractivity contribution in [1.29, 1.82) is 0 Å². The van der Waals surface area contributed by atoms with E-state index in [2.05, 4.69) is 275 Å². The van der Waals surface area contributed by atoms with Gasteiger partial charge in [0.25, 0.3) is 0 Å². The highest BCUT2D eigenvalue weighted by molar-refractivity contribution is 6.12. The van der Waals surface area contributed by atoms with E-state index in [0.717, 1.165) is 45.4 Å². The van der Waals surface area contributed by atoms with Crippen LogP contribution in [0.4, 0.5) is 34.1 Å². The van der Waals surface area contributed by atoms with Crippen LogP contribution in [0.25, 0.3) is 81.7 Å². The number of anilines is 6. The van der Waals surface area contributed by atoms with Gasteiger partial charge in [0.1, 0.15) is 0 Å². The normalized spacial score (nSPS) is 11.6. The first-order valence-electron chi connectivity index (χ1n) is 23.0. The van der Waals surface area contributed by atoms with Crippen LogP contribution in [0, 0.1) is 0 Å². The number of para-hydroxylation sites is 2. The molecule has 3 heteroatoms. The third-order valence-electron chi connectivity index (χ3n) is 13.5. The summed E-state index contributed by atoms with van der Waals surface area (Å²) < 4.78 is 2.38. The maximum atomic E-state index is 2.44. The predicted molar refractivity (Wildman–Crippen MR) is 286 cm³/mol. The molecule has 0 saturated heterocycles. The lowest BCUT2D eigenvalue weighted by Gasteiger charge is -2.29. The maximum absolute atomic E-state index is 2.44. The van der Waals surface area contributed by atoms with Gasteiger partial charge in [-0.2, -0.15) is 0 Å². The molecule has 13 aromatic rings. The molecular weight excluding hydrogens is 811 g/mol. The Bertz CT molecular complexity index is 3990. The zero-order chi connectivity index (χ0) is 44.3. The summed E-state index contributed by atoms with van der Waals surface area (Å²) in [5, 5.41) is 12.1. The molecule has 3 nitrogen and oxygen atoms in total. The minimum atomic E-state index is 1.09. The highest BCUT2D eigenvalue weighted by Crippen LogP contribution is 2.46. The number of aromatic nitrogens is 1. The van der Waals surface area contributed by atoms with Gasteiger partial charge in [-0.25, -0.2) is 0 Å². The minimum absolute atomic E-state index is 1.09. The van der Waals surface area contributed by atoms with E-state index in [1.807, 2.05) is 0 Å². The number of nitrogens with zero attached hydrogens (tertiary/aromatic N) is 3. The number of hydrogen-bond donors (Lipinski definition) is 0. The maximum Gasteiger partial charge on any atom is 0.0542 e. The quantitative estimate of drug-likeness (QED) is 0.151. The Morgan fingerprint density at radius 3 is 1.49 bits per heavy atom. The van der Waals surface area contributed by atoms with Crippen molar-refractivity contribution in [2.75, 3.05) is 9.80 Å². The third kappa shape index (κ3) is 6.51. The summed E-state index contributed by atoms with van der Waals surface area (Å²) in [5.74, 6) is 0. The Morgan fingerprint density at radius 2 is 0.761 bits per heavy atom. The van der Waals surface area contributed by atoms with Gasteiger partial charge in [-0.05, 0) is 117 Å². The molecular formula is C64H43N3. The predicted octanol–water partition coefficient (Wildman–Crippen LogP) is 18.0. The van der Waals surface area contributed by atoms with E-state index in [9.17, 15) is 0 Å². The van der Waals surface area contributed by atoms with Crippen LogP contribution < -0.4 is 9.80 Å². The van der Waals surface area contributed by atoms with Crippen molar-refractivity contribution < 1.29 is 0 Å². The van der Waals surface area contributed by atoms with Gasteiger partial charge in [-0.1, -0.05) is 182 Å². The van der Waals surface area contributed by atoms with Crippen LogP contribution in [0.5, 0.6) is 0 Å². The van der Waals surface area contributed by atoms with Crippen molar-refractivity contribution in [2.24, 2.45) is 0 Å². The van der Waals surface area contributed by atoms with Crippen molar-refractivity contribution in [3.05, 3.63) is 261 Å². The Morgan fingerprint density at radius 1 is 0.254 bits per heavy atom. The smallest absolute Gasteiger partial charge is 0.0542 e. The molecule has 0 N–H and O–H groups in total. The second-order valence-corrected chi connectivity index (χ2v) is 17.3. The first-order valence-corrected chi connectivity index (χ1v) is 23.0. The van der Waals surface area contributed by atoms with E-state index >= 15 is 0 Å². The Labute approximate surface area is 389 Å². The lowest BCUT2D eigenvalue weighted by atomic mass is 9.95. The van der Waals surface area contributed by atoms with E-state index in [1.165, 1.54) is 70.5 Å². The average molecular weight is 854 g/mol. The Balaban J connectivity index is 0.960. The molecule has 0 bridgehead atoms. The van der Waals surface area contributed by atoms with Crippen molar-refractivity contribution in [3.8, 4) is 16.8 Å². The zero-order valence-electron chi connectivity index (χ0n) is 36.7. The molecule has 0 aliphatic rings. The summed E-state index contributed by atoms with van der Waals surface area (Å²) in [6, 6.07) is 95.1. The van der Waals surface area contributed by atoms with Crippen LogP contribution in [0.3, 0.4) is 0 Å². The molecule has 0 radical (unpaired) electrons. The SMILES string of the molecule is c1ccc(-n2c3ccccc3c3cc(N(c4ccc(-c5ccc(N(c6ccc7ccccc7c6)c6cccc7ccccc67)c6ccccc56)cc4)c4cccc5ccccc45)ccc32)cc1. The lowest BCUT2D eigenvalue weighted by Crippen LogP contribution is -2.11. The van der Waals surface area contributed by atoms with Crippen LogP contribution in [0.15, 0.2) is 261 Å². The molecule has 12 aromatic carbocycles. The van der Waals surface area contributed by atoms with Crippen molar-refractivity contribution in [3.63, 3.8) is 0 Å². The average Bonchev–Trinajstić information content (AvgIpc) is 3.73. The van der Waals surface area contributed by atoms with Gasteiger partial charge < -0.3 is 14.4 Å². The van der Waals surface area contributed by atoms with Gasteiger partial charge in [0, 0.05) is 49.7 Å². The molecule has 0 spiro atoms. The van der Waals surface area contributed by atoms with E-state index < -0.39 is 0 Å². The van der Waals surface area contributed by atoms with E-state index in [4.69, 9.17) is 0 Å². The molecule has 0 unspecified atom stereocenters. The summed E-state index contributed by atoms with van der Waals surface area (Å²) >= 11 is 0. The molecule has 0 amide bonds. The fourth-order valence-corrected chi connectivity index (χ4v) is 10.4. The highest BCUT2D eigenvalue weighted by atomic mass is 15.2. The van der Waals surface area contributed by atoms with Crippen LogP contribution >= 0.6 is 0 Å². The standard InChI is InChI=1S/C64H43N3/c1-2-22-49(23-3-1)66-62-29-13-12-28-58(62)59-43-52(38-40-64(59)66)65(60-30-14-20-45-17-6-8-24-54(45)60)50-35-33-47(34-36-50)53-39-41-63(57-27-11-10-26-56(53)57)67(51-37-32-44-16-4-5-19-48(44)42-51)61-31-15-21-46-18-7-9-25-55(46)61/h1-43H. The van der Waals surface area contributed by atoms with Gasteiger partial charge in [-0.3, -0.25) is 0 Å². The number of hydrogen-bond acceptors (Lipinski definition) is 2. The van der Waals surface area contributed by atoms with Gasteiger partial charge in [0.15, 0.2) is 0 Å². The van der Waals surface area contributed by atoms with Gasteiger partial charge in [0.05, 0.1) is 28.1 Å². The van der Waals surface area contributed by atoms with E-state index in [1.54, 1.807) is 0 Å². The molecule has 1 heterocycles. The minimum Gasteiger partial charge on any atom is -0.310 e. The molecule has 13 rings (SSSR count). The monoisotopic (exact) mass is 853 g/mol.